The molecule has 0 radical (unpaired) electrons. The SMILES string of the molecule is Cc1ccc(CNC(=O)COC(=O)c2ccc3nc(-c4ccc(C)cc4)[nH]c3c2)cc1. The van der Waals surface area contributed by atoms with Gasteiger partial charge in [0.25, 0.3) is 5.91 Å². The van der Waals surface area contributed by atoms with E-state index in [4.69, 9.17) is 4.74 Å². The van der Waals surface area contributed by atoms with Gasteiger partial charge in [-0.05, 0) is 37.6 Å². The van der Waals surface area contributed by atoms with Gasteiger partial charge < -0.3 is 15.0 Å². The number of carbonyl (C=O) groups excluding carboxylic acids is 2. The van der Waals surface area contributed by atoms with Crippen LogP contribution in [0.15, 0.2) is 66.7 Å². The zero-order valence-electron chi connectivity index (χ0n) is 17.4. The lowest BCUT2D eigenvalue weighted by molar-refractivity contribution is -0.124. The molecule has 3 aromatic carbocycles. The lowest BCUT2D eigenvalue weighted by Crippen LogP contribution is -2.28. The first-order valence-electron chi connectivity index (χ1n) is 10.0. The molecule has 0 spiro atoms. The summed E-state index contributed by atoms with van der Waals surface area (Å²) in [5.41, 5.74) is 6.13. The number of hydrogen-bond acceptors (Lipinski definition) is 4. The maximum absolute atomic E-state index is 12.4. The van der Waals surface area contributed by atoms with E-state index in [-0.39, 0.29) is 12.5 Å². The van der Waals surface area contributed by atoms with E-state index in [1.54, 1.807) is 18.2 Å². The van der Waals surface area contributed by atoms with E-state index in [1.165, 1.54) is 5.56 Å². The lowest BCUT2D eigenvalue weighted by Gasteiger charge is -2.07. The van der Waals surface area contributed by atoms with Gasteiger partial charge in [-0.1, -0.05) is 59.7 Å². The Kier molecular flexibility index (Phi) is 5.80. The maximum atomic E-state index is 12.4. The van der Waals surface area contributed by atoms with Crippen LogP contribution in [0.4, 0.5) is 0 Å². The Bertz CT molecular complexity index is 1230. The number of ether oxygens (including phenoxy) is 1. The minimum absolute atomic E-state index is 0.333. The number of amides is 1. The minimum Gasteiger partial charge on any atom is -0.452 e. The second-order valence-electron chi connectivity index (χ2n) is 7.52. The Hall–Kier alpha value is -3.93. The van der Waals surface area contributed by atoms with Crippen molar-refractivity contribution in [3.05, 3.63) is 89.0 Å². The van der Waals surface area contributed by atoms with Crippen molar-refractivity contribution in [3.63, 3.8) is 0 Å². The average molecular weight is 413 g/mol. The fourth-order valence-electron chi connectivity index (χ4n) is 3.16. The number of esters is 1. The average Bonchev–Trinajstić information content (AvgIpc) is 3.21. The molecule has 1 amide bonds. The first-order chi connectivity index (χ1) is 15.0. The minimum atomic E-state index is -0.557. The smallest absolute Gasteiger partial charge is 0.338 e. The van der Waals surface area contributed by atoms with Crippen LogP contribution in [0.5, 0.6) is 0 Å². The van der Waals surface area contributed by atoms with Gasteiger partial charge in [0, 0.05) is 12.1 Å². The molecule has 0 bridgehead atoms. The number of benzene rings is 3. The molecule has 0 aliphatic heterocycles. The highest BCUT2D eigenvalue weighted by atomic mass is 16.5. The molecule has 0 saturated heterocycles. The monoisotopic (exact) mass is 413 g/mol. The summed E-state index contributed by atoms with van der Waals surface area (Å²) >= 11 is 0. The number of imidazole rings is 1. The van der Waals surface area contributed by atoms with Gasteiger partial charge in [0.05, 0.1) is 16.6 Å². The Morgan fingerprint density at radius 3 is 2.32 bits per heavy atom. The Morgan fingerprint density at radius 2 is 1.61 bits per heavy atom. The normalized spacial score (nSPS) is 10.8. The second kappa shape index (κ2) is 8.83. The van der Waals surface area contributed by atoms with Gasteiger partial charge in [-0.2, -0.15) is 0 Å². The van der Waals surface area contributed by atoms with Gasteiger partial charge in [0.1, 0.15) is 5.82 Å². The molecule has 2 N–H and O–H groups in total. The van der Waals surface area contributed by atoms with Crippen LogP contribution in [0, 0.1) is 13.8 Å². The lowest BCUT2D eigenvalue weighted by atomic mass is 10.1. The van der Waals surface area contributed by atoms with Crippen LogP contribution in [-0.4, -0.2) is 28.5 Å². The molecule has 6 nitrogen and oxygen atoms in total. The summed E-state index contributed by atoms with van der Waals surface area (Å²) in [6.45, 7) is 4.09. The van der Waals surface area contributed by atoms with Crippen LogP contribution in [0.3, 0.4) is 0 Å². The Morgan fingerprint density at radius 1 is 0.935 bits per heavy atom. The fraction of sp³-hybridized carbons (Fsp3) is 0.160. The first kappa shape index (κ1) is 20.3. The van der Waals surface area contributed by atoms with Crippen molar-refractivity contribution in [1.82, 2.24) is 15.3 Å². The van der Waals surface area contributed by atoms with E-state index in [2.05, 4.69) is 15.3 Å². The highest BCUT2D eigenvalue weighted by molar-refractivity contribution is 5.95. The van der Waals surface area contributed by atoms with Crippen molar-refractivity contribution in [2.75, 3.05) is 6.61 Å². The van der Waals surface area contributed by atoms with Gasteiger partial charge in [-0.15, -0.1) is 0 Å². The third-order valence-electron chi connectivity index (χ3n) is 4.99. The standard InChI is InChI=1S/C25H23N3O3/c1-16-3-7-18(8-4-16)14-26-23(29)15-31-25(30)20-11-12-21-22(13-20)28-24(27-21)19-9-5-17(2)6-10-19/h3-13H,14-15H2,1-2H3,(H,26,29)(H,27,28). The van der Waals surface area contributed by atoms with Crippen LogP contribution in [0.2, 0.25) is 0 Å². The summed E-state index contributed by atoms with van der Waals surface area (Å²) < 4.78 is 5.17. The molecule has 0 saturated carbocycles. The summed E-state index contributed by atoms with van der Waals surface area (Å²) in [6, 6.07) is 21.0. The van der Waals surface area contributed by atoms with Crippen LogP contribution >= 0.6 is 0 Å². The van der Waals surface area contributed by atoms with Crippen molar-refractivity contribution in [2.24, 2.45) is 0 Å². The third-order valence-corrected chi connectivity index (χ3v) is 4.99. The number of H-pyrrole nitrogens is 1. The zero-order valence-corrected chi connectivity index (χ0v) is 17.4. The molecule has 0 aliphatic carbocycles. The van der Waals surface area contributed by atoms with Gasteiger partial charge >= 0.3 is 5.97 Å². The number of carbonyl (C=O) groups is 2. The molecule has 0 aliphatic rings. The molecular formula is C25H23N3O3. The highest BCUT2D eigenvalue weighted by Gasteiger charge is 2.13. The molecule has 6 heteroatoms. The Labute approximate surface area is 180 Å². The van der Waals surface area contributed by atoms with E-state index < -0.39 is 5.97 Å². The predicted molar refractivity (Wildman–Crippen MR) is 120 cm³/mol. The summed E-state index contributed by atoms with van der Waals surface area (Å²) in [6.07, 6.45) is 0. The topological polar surface area (TPSA) is 84.1 Å². The maximum Gasteiger partial charge on any atom is 0.338 e. The number of aromatic nitrogens is 2. The largest absolute Gasteiger partial charge is 0.452 e. The molecule has 1 heterocycles. The second-order valence-corrected chi connectivity index (χ2v) is 7.52. The molecular weight excluding hydrogens is 390 g/mol. The zero-order chi connectivity index (χ0) is 21.8. The molecule has 0 fully saturated rings. The molecule has 156 valence electrons. The van der Waals surface area contributed by atoms with E-state index in [0.29, 0.717) is 12.1 Å². The summed E-state index contributed by atoms with van der Waals surface area (Å²) in [4.78, 5) is 32.2. The van der Waals surface area contributed by atoms with Gasteiger partial charge in [-0.25, -0.2) is 9.78 Å². The molecule has 4 rings (SSSR count). The number of nitrogens with one attached hydrogen (secondary N) is 2. The number of aryl methyl sites for hydroxylation is 2. The van der Waals surface area contributed by atoms with Crippen LogP contribution in [-0.2, 0) is 16.1 Å². The third kappa shape index (κ3) is 4.98. The molecule has 0 atom stereocenters. The summed E-state index contributed by atoms with van der Waals surface area (Å²) in [5, 5.41) is 2.75. The van der Waals surface area contributed by atoms with E-state index in [1.807, 2.05) is 62.4 Å². The van der Waals surface area contributed by atoms with Crippen molar-refractivity contribution in [2.45, 2.75) is 20.4 Å². The predicted octanol–water partition coefficient (Wildman–Crippen LogP) is 4.32. The summed E-state index contributed by atoms with van der Waals surface area (Å²) in [5.74, 6) is -0.173. The van der Waals surface area contributed by atoms with Crippen molar-refractivity contribution < 1.29 is 14.3 Å². The number of hydrogen-bond donors (Lipinski definition) is 2. The molecule has 31 heavy (non-hydrogen) atoms. The molecule has 4 aromatic rings. The number of nitrogens with zero attached hydrogens (tertiary/aromatic N) is 1. The van der Waals surface area contributed by atoms with E-state index in [0.717, 1.165) is 33.5 Å². The van der Waals surface area contributed by atoms with E-state index in [9.17, 15) is 9.59 Å². The fourth-order valence-corrected chi connectivity index (χ4v) is 3.16. The Balaban J connectivity index is 1.36. The first-order valence-corrected chi connectivity index (χ1v) is 10.0. The molecule has 0 unspecified atom stereocenters. The van der Waals surface area contributed by atoms with Crippen LogP contribution in [0.1, 0.15) is 27.0 Å². The number of aromatic amines is 1. The summed E-state index contributed by atoms with van der Waals surface area (Å²) in [7, 11) is 0. The van der Waals surface area contributed by atoms with Crippen molar-refractivity contribution >= 4 is 22.9 Å². The highest BCUT2D eigenvalue weighted by Crippen LogP contribution is 2.22. The molecule has 1 aromatic heterocycles. The van der Waals surface area contributed by atoms with E-state index >= 15 is 0 Å². The number of fused-ring (bicyclic) bond motifs is 1. The van der Waals surface area contributed by atoms with Gasteiger partial charge in [-0.3, -0.25) is 4.79 Å². The van der Waals surface area contributed by atoms with Crippen LogP contribution < -0.4 is 5.32 Å². The van der Waals surface area contributed by atoms with Gasteiger partial charge in [0.2, 0.25) is 0 Å². The van der Waals surface area contributed by atoms with Gasteiger partial charge in [0.15, 0.2) is 6.61 Å². The quantitative estimate of drug-likeness (QED) is 0.461. The van der Waals surface area contributed by atoms with Crippen LogP contribution in [0.25, 0.3) is 22.4 Å². The van der Waals surface area contributed by atoms with Crippen molar-refractivity contribution in [3.8, 4) is 11.4 Å². The number of rotatable bonds is 6. The van der Waals surface area contributed by atoms with Crippen molar-refractivity contribution in [1.29, 1.82) is 0 Å².